The lowest BCUT2D eigenvalue weighted by atomic mass is 9.75. The molecule has 3 aromatic carbocycles. The van der Waals surface area contributed by atoms with E-state index in [-0.39, 0.29) is 32.7 Å². The van der Waals surface area contributed by atoms with E-state index in [0.717, 1.165) is 28.9 Å². The minimum absolute atomic E-state index is 0.230. The van der Waals surface area contributed by atoms with Gasteiger partial charge in [-0.05, 0) is 84.7 Å². The summed E-state index contributed by atoms with van der Waals surface area (Å²) in [7, 11) is 0. The Labute approximate surface area is 244 Å². The van der Waals surface area contributed by atoms with Crippen LogP contribution in [0, 0.1) is 41.9 Å². The highest BCUT2D eigenvalue weighted by Gasteiger charge is 2.31. The first-order valence-electron chi connectivity index (χ1n) is 14.3. The Balaban J connectivity index is 1.29. The van der Waals surface area contributed by atoms with Gasteiger partial charge in [-0.1, -0.05) is 57.1 Å². The molecular weight excluding hydrogens is 512 g/mol. The Hall–Kier alpha value is -3.74. The van der Waals surface area contributed by atoms with Crippen LogP contribution in [-0.2, 0) is 24.6 Å². The molecule has 0 amide bonds. The zero-order valence-corrected chi connectivity index (χ0v) is 24.2. The average Bonchev–Trinajstić information content (AvgIpc) is 2.99. The maximum atomic E-state index is 9.72. The second-order valence-corrected chi connectivity index (χ2v) is 11.1. The summed E-state index contributed by atoms with van der Waals surface area (Å²) in [5, 5.41) is 19.4. The summed E-state index contributed by atoms with van der Waals surface area (Å²) in [5.41, 5.74) is 4.41. The normalized spacial score (nSPS) is 18.3. The molecule has 3 atom stereocenters. The molecule has 0 unspecified atom stereocenters. The van der Waals surface area contributed by atoms with Gasteiger partial charge in [-0.25, -0.2) is 0 Å². The second-order valence-electron chi connectivity index (χ2n) is 11.1. The van der Waals surface area contributed by atoms with E-state index in [1.54, 1.807) is 12.1 Å². The fourth-order valence-electron chi connectivity index (χ4n) is 5.37. The maximum Gasteiger partial charge on any atom is 0.189 e. The van der Waals surface area contributed by atoms with Crippen LogP contribution in [-0.4, -0.2) is 23.1 Å². The number of hydrogen-bond donors (Lipinski definition) is 2. The van der Waals surface area contributed by atoms with Gasteiger partial charge in [0, 0.05) is 27.8 Å². The van der Waals surface area contributed by atoms with Crippen molar-refractivity contribution in [3.05, 3.63) is 94.0 Å². The van der Waals surface area contributed by atoms with Crippen molar-refractivity contribution in [1.82, 2.24) is 0 Å². The fourth-order valence-corrected chi connectivity index (χ4v) is 5.37. The van der Waals surface area contributed by atoms with Crippen LogP contribution in [0.15, 0.2) is 60.7 Å². The minimum Gasteiger partial charge on any atom is -0.488 e. The van der Waals surface area contributed by atoms with E-state index in [2.05, 4.69) is 38.5 Å². The quantitative estimate of drug-likeness (QED) is 0.224. The summed E-state index contributed by atoms with van der Waals surface area (Å²) in [6.07, 6.45) is 9.35. The Morgan fingerprint density at radius 2 is 1.46 bits per heavy atom. The minimum atomic E-state index is -0.230. The molecule has 41 heavy (non-hydrogen) atoms. The van der Waals surface area contributed by atoms with Crippen molar-refractivity contribution < 1.29 is 24.4 Å². The fraction of sp³-hybridized carbons (Fsp3) is 0.389. The lowest BCUT2D eigenvalue weighted by Gasteiger charge is -2.36. The van der Waals surface area contributed by atoms with E-state index >= 15 is 0 Å². The topological polar surface area (TPSA) is 68.2 Å². The third kappa shape index (κ3) is 8.38. The molecule has 1 fully saturated rings. The summed E-state index contributed by atoms with van der Waals surface area (Å²) in [5.74, 6) is 12.1. The van der Waals surface area contributed by atoms with Crippen LogP contribution >= 0.6 is 0 Å². The number of ether oxygens (including phenoxy) is 3. The lowest BCUT2D eigenvalue weighted by molar-refractivity contribution is -0.0917. The highest BCUT2D eigenvalue weighted by Crippen LogP contribution is 2.35. The number of hydrogen-bond acceptors (Lipinski definition) is 5. The first kappa shape index (κ1) is 30.2. The lowest BCUT2D eigenvalue weighted by Crippen LogP contribution is -2.35. The van der Waals surface area contributed by atoms with Gasteiger partial charge in [0.2, 0.25) is 0 Å². The van der Waals surface area contributed by atoms with Crippen LogP contribution in [0.5, 0.6) is 11.5 Å². The molecule has 1 aliphatic carbocycles. The molecule has 5 heteroatoms. The van der Waals surface area contributed by atoms with Crippen molar-refractivity contribution in [2.75, 3.05) is 6.79 Å². The Morgan fingerprint density at radius 1 is 0.854 bits per heavy atom. The predicted molar refractivity (Wildman–Crippen MR) is 161 cm³/mol. The molecule has 0 aromatic heterocycles. The monoisotopic (exact) mass is 552 g/mol. The molecule has 0 aliphatic heterocycles. The van der Waals surface area contributed by atoms with Crippen LogP contribution in [0.4, 0.5) is 0 Å². The van der Waals surface area contributed by atoms with Gasteiger partial charge in [-0.2, -0.15) is 0 Å². The summed E-state index contributed by atoms with van der Waals surface area (Å²) < 4.78 is 18.0. The molecule has 0 saturated heterocycles. The van der Waals surface area contributed by atoms with Crippen LogP contribution in [0.1, 0.15) is 73.4 Å². The first-order valence-corrected chi connectivity index (χ1v) is 14.3. The van der Waals surface area contributed by atoms with E-state index in [1.807, 2.05) is 48.5 Å². The highest BCUT2D eigenvalue weighted by atomic mass is 16.7. The number of rotatable bonds is 10. The average molecular weight is 553 g/mol. The summed E-state index contributed by atoms with van der Waals surface area (Å²) >= 11 is 0. The van der Waals surface area contributed by atoms with E-state index < -0.39 is 0 Å². The van der Waals surface area contributed by atoms with Gasteiger partial charge in [0.1, 0.15) is 18.1 Å². The molecule has 2 N–H and O–H groups in total. The summed E-state index contributed by atoms with van der Waals surface area (Å²) in [4.78, 5) is 0. The van der Waals surface area contributed by atoms with Crippen LogP contribution < -0.4 is 9.47 Å². The van der Waals surface area contributed by atoms with Crippen molar-refractivity contribution >= 4 is 0 Å². The molecule has 3 aromatic rings. The van der Waals surface area contributed by atoms with Gasteiger partial charge in [0.05, 0.1) is 19.3 Å². The molecule has 5 nitrogen and oxygen atoms in total. The summed E-state index contributed by atoms with van der Waals surface area (Å²) in [6, 6.07) is 18.9. The number of aliphatic hydroxyl groups excluding tert-OH is 2. The van der Waals surface area contributed by atoms with Crippen molar-refractivity contribution in [2.45, 2.75) is 66.0 Å². The third-order valence-corrected chi connectivity index (χ3v) is 7.76. The Morgan fingerprint density at radius 3 is 2.02 bits per heavy atom. The predicted octanol–water partition coefficient (Wildman–Crippen LogP) is 6.45. The van der Waals surface area contributed by atoms with Crippen molar-refractivity contribution in [3.63, 3.8) is 0 Å². The molecular formula is C36H40O5. The van der Waals surface area contributed by atoms with Gasteiger partial charge >= 0.3 is 0 Å². The van der Waals surface area contributed by atoms with Crippen molar-refractivity contribution in [2.24, 2.45) is 17.8 Å². The smallest absolute Gasteiger partial charge is 0.189 e. The van der Waals surface area contributed by atoms with Crippen molar-refractivity contribution in [3.8, 4) is 35.7 Å². The SMILES string of the molecule is C#Cc1cc(CO)c(OCc2ccc(C#Cc3ccc(OCO[C@@H]4C[C@H](C)CC[C@H]4C(C)C)cc3)cc2)c(CO)c1. The molecule has 0 heterocycles. The van der Waals surface area contributed by atoms with Crippen LogP contribution in [0.3, 0.4) is 0 Å². The van der Waals surface area contributed by atoms with Gasteiger partial charge in [-0.15, -0.1) is 6.42 Å². The molecule has 0 spiro atoms. The number of terminal acetylenes is 1. The summed E-state index contributed by atoms with van der Waals surface area (Å²) in [6.45, 7) is 6.96. The standard InChI is InChI=1S/C36H40O5/c1-5-27-19-31(21-37)36(32(20-27)22-38)39-23-30-11-9-28(10-12-30)7-8-29-13-15-33(16-14-29)40-24-41-35-18-26(4)6-17-34(35)25(2)3/h1,9-16,19-20,25-26,34-35,37-38H,6,17-18,21-24H2,2-4H3/t26-,34+,35-/m1/s1. The van der Waals surface area contributed by atoms with Gasteiger partial charge in [0.15, 0.2) is 6.79 Å². The number of benzene rings is 3. The Kier molecular flexibility index (Phi) is 10.9. The van der Waals surface area contributed by atoms with Crippen molar-refractivity contribution in [1.29, 1.82) is 0 Å². The van der Waals surface area contributed by atoms with E-state index in [1.165, 1.54) is 12.8 Å². The van der Waals surface area contributed by atoms with Gasteiger partial charge in [0.25, 0.3) is 0 Å². The zero-order chi connectivity index (χ0) is 29.2. The molecule has 214 valence electrons. The van der Waals surface area contributed by atoms with Crippen LogP contribution in [0.2, 0.25) is 0 Å². The van der Waals surface area contributed by atoms with E-state index in [9.17, 15) is 10.2 Å². The molecule has 0 radical (unpaired) electrons. The van der Waals surface area contributed by atoms with E-state index in [4.69, 9.17) is 20.6 Å². The van der Waals surface area contributed by atoms with Crippen LogP contribution in [0.25, 0.3) is 0 Å². The number of aliphatic hydroxyl groups is 2. The molecule has 0 bridgehead atoms. The molecule has 4 rings (SSSR count). The molecule has 1 aliphatic rings. The Bertz CT molecular complexity index is 1350. The zero-order valence-electron chi connectivity index (χ0n) is 24.2. The van der Waals surface area contributed by atoms with Gasteiger partial charge < -0.3 is 24.4 Å². The molecule has 1 saturated carbocycles. The van der Waals surface area contributed by atoms with E-state index in [0.29, 0.717) is 40.2 Å². The highest BCUT2D eigenvalue weighted by molar-refractivity contribution is 5.49. The first-order chi connectivity index (χ1) is 19.9. The maximum absolute atomic E-state index is 9.72. The van der Waals surface area contributed by atoms with Gasteiger partial charge in [-0.3, -0.25) is 0 Å². The largest absolute Gasteiger partial charge is 0.488 e. The third-order valence-electron chi connectivity index (χ3n) is 7.76. The second kappa shape index (κ2) is 14.8.